The van der Waals surface area contributed by atoms with Crippen molar-refractivity contribution in [3.63, 3.8) is 0 Å². The van der Waals surface area contributed by atoms with Gasteiger partial charge in [0, 0.05) is 5.69 Å². The third-order valence-electron chi connectivity index (χ3n) is 2.82. The maximum atomic E-state index is 12.7. The Labute approximate surface area is 118 Å². The zero-order valence-electron chi connectivity index (χ0n) is 11.0. The maximum absolute atomic E-state index is 12.7. The second-order valence-corrected chi connectivity index (χ2v) is 4.43. The molecule has 0 atom stereocenters. The summed E-state index contributed by atoms with van der Waals surface area (Å²) in [6.45, 7) is 1.60. The van der Waals surface area contributed by atoms with E-state index in [1.54, 1.807) is 6.92 Å². The first-order valence-electron chi connectivity index (χ1n) is 5.99. The van der Waals surface area contributed by atoms with Gasteiger partial charge in [-0.15, -0.1) is 0 Å². The normalized spacial score (nSPS) is 11.2. The molecule has 1 heterocycles. The van der Waals surface area contributed by atoms with Crippen LogP contribution in [0.25, 0.3) is 0 Å². The molecule has 1 aromatic heterocycles. The summed E-state index contributed by atoms with van der Waals surface area (Å²) >= 11 is 0. The highest BCUT2D eigenvalue weighted by atomic mass is 19.4. The summed E-state index contributed by atoms with van der Waals surface area (Å²) in [7, 11) is 0. The Bertz CT molecular complexity index is 683. The summed E-state index contributed by atoms with van der Waals surface area (Å²) in [4.78, 5) is 15.8. The molecular formula is C14H12F3N3O. The SMILES string of the molecule is Cc1ccc(C(F)(F)F)cc1NC(=O)c1cccc(N)n1. The fourth-order valence-electron chi connectivity index (χ4n) is 1.70. The van der Waals surface area contributed by atoms with E-state index in [1.807, 2.05) is 0 Å². The van der Waals surface area contributed by atoms with Crippen molar-refractivity contribution in [2.75, 3.05) is 11.1 Å². The minimum absolute atomic E-state index is 0.0341. The van der Waals surface area contributed by atoms with Crippen LogP contribution in [0.4, 0.5) is 24.7 Å². The molecule has 4 nitrogen and oxygen atoms in total. The number of aryl methyl sites for hydroxylation is 1. The molecule has 0 aliphatic carbocycles. The lowest BCUT2D eigenvalue weighted by Crippen LogP contribution is -2.16. The first-order chi connectivity index (χ1) is 9.77. The van der Waals surface area contributed by atoms with Gasteiger partial charge in [0.2, 0.25) is 0 Å². The molecule has 0 radical (unpaired) electrons. The van der Waals surface area contributed by atoms with Gasteiger partial charge >= 0.3 is 6.18 Å². The minimum Gasteiger partial charge on any atom is -0.384 e. The second-order valence-electron chi connectivity index (χ2n) is 4.43. The van der Waals surface area contributed by atoms with Crippen molar-refractivity contribution in [1.29, 1.82) is 0 Å². The molecule has 1 amide bonds. The highest BCUT2D eigenvalue weighted by molar-refractivity contribution is 6.03. The molecule has 1 aromatic carbocycles. The Morgan fingerprint density at radius 1 is 1.24 bits per heavy atom. The zero-order valence-corrected chi connectivity index (χ0v) is 11.0. The first-order valence-corrected chi connectivity index (χ1v) is 5.99. The lowest BCUT2D eigenvalue weighted by molar-refractivity contribution is -0.137. The van der Waals surface area contributed by atoms with Gasteiger partial charge < -0.3 is 11.1 Å². The fraction of sp³-hybridized carbons (Fsp3) is 0.143. The topological polar surface area (TPSA) is 68.0 Å². The zero-order chi connectivity index (χ0) is 15.6. The van der Waals surface area contributed by atoms with Crippen LogP contribution in [0.15, 0.2) is 36.4 Å². The number of carbonyl (C=O) groups excluding carboxylic acids is 1. The number of nitrogens with zero attached hydrogens (tertiary/aromatic N) is 1. The van der Waals surface area contributed by atoms with Crippen LogP contribution in [0.3, 0.4) is 0 Å². The average Bonchev–Trinajstić information content (AvgIpc) is 2.40. The Balaban J connectivity index is 2.29. The number of pyridine rings is 1. The Kier molecular flexibility index (Phi) is 3.84. The van der Waals surface area contributed by atoms with E-state index >= 15 is 0 Å². The number of halogens is 3. The molecule has 3 N–H and O–H groups in total. The van der Waals surface area contributed by atoms with Crippen LogP contribution in [0.5, 0.6) is 0 Å². The Morgan fingerprint density at radius 3 is 2.57 bits per heavy atom. The molecular weight excluding hydrogens is 283 g/mol. The van der Waals surface area contributed by atoms with Gasteiger partial charge in [0.15, 0.2) is 0 Å². The van der Waals surface area contributed by atoms with E-state index < -0.39 is 17.6 Å². The van der Waals surface area contributed by atoms with E-state index in [4.69, 9.17) is 5.73 Å². The summed E-state index contributed by atoms with van der Waals surface area (Å²) in [6.07, 6.45) is -4.47. The minimum atomic E-state index is -4.47. The van der Waals surface area contributed by atoms with Crippen LogP contribution < -0.4 is 11.1 Å². The van der Waals surface area contributed by atoms with Gasteiger partial charge in [-0.3, -0.25) is 4.79 Å². The first kappa shape index (κ1) is 14.8. The Hall–Kier alpha value is -2.57. The number of aromatic nitrogens is 1. The van der Waals surface area contributed by atoms with Crippen molar-refractivity contribution < 1.29 is 18.0 Å². The predicted molar refractivity (Wildman–Crippen MR) is 72.8 cm³/mol. The molecule has 0 saturated heterocycles. The third-order valence-corrected chi connectivity index (χ3v) is 2.82. The maximum Gasteiger partial charge on any atom is 0.416 e. The number of anilines is 2. The van der Waals surface area contributed by atoms with Crippen molar-refractivity contribution in [2.45, 2.75) is 13.1 Å². The largest absolute Gasteiger partial charge is 0.416 e. The standard InChI is InChI=1S/C14H12F3N3O/c1-8-5-6-9(14(15,16)17)7-11(8)20-13(21)10-3-2-4-12(18)19-10/h2-7H,1H3,(H2,18,19)(H,20,21). The molecule has 0 fully saturated rings. The Morgan fingerprint density at radius 2 is 1.95 bits per heavy atom. The van der Waals surface area contributed by atoms with Gasteiger partial charge in [-0.2, -0.15) is 13.2 Å². The van der Waals surface area contributed by atoms with Gasteiger partial charge in [-0.1, -0.05) is 12.1 Å². The molecule has 0 saturated carbocycles. The summed E-state index contributed by atoms with van der Waals surface area (Å²) in [5.41, 5.74) is 5.26. The number of hydrogen-bond acceptors (Lipinski definition) is 3. The molecule has 110 valence electrons. The molecule has 21 heavy (non-hydrogen) atoms. The van der Waals surface area contributed by atoms with Crippen LogP contribution in [0.1, 0.15) is 21.6 Å². The number of amides is 1. The van der Waals surface area contributed by atoms with E-state index in [9.17, 15) is 18.0 Å². The molecule has 0 unspecified atom stereocenters. The van der Waals surface area contributed by atoms with Gasteiger partial charge in [0.05, 0.1) is 5.56 Å². The number of carbonyl (C=O) groups is 1. The van der Waals surface area contributed by atoms with Crippen molar-refractivity contribution in [1.82, 2.24) is 4.98 Å². The molecule has 2 rings (SSSR count). The van der Waals surface area contributed by atoms with Gasteiger partial charge in [0.25, 0.3) is 5.91 Å². The van der Waals surface area contributed by atoms with Crippen molar-refractivity contribution in [3.8, 4) is 0 Å². The molecule has 0 aliphatic rings. The van der Waals surface area contributed by atoms with Crippen molar-refractivity contribution >= 4 is 17.4 Å². The lowest BCUT2D eigenvalue weighted by Gasteiger charge is -2.12. The molecule has 7 heteroatoms. The van der Waals surface area contributed by atoms with Crippen LogP contribution >= 0.6 is 0 Å². The summed E-state index contributed by atoms with van der Waals surface area (Å²) in [6, 6.07) is 7.62. The number of hydrogen-bond donors (Lipinski definition) is 2. The van der Waals surface area contributed by atoms with Crippen molar-refractivity contribution in [2.24, 2.45) is 0 Å². The predicted octanol–water partition coefficient (Wildman–Crippen LogP) is 3.24. The molecule has 0 aliphatic heterocycles. The van der Waals surface area contributed by atoms with Crippen LogP contribution in [0, 0.1) is 6.92 Å². The highest BCUT2D eigenvalue weighted by Crippen LogP contribution is 2.32. The smallest absolute Gasteiger partial charge is 0.384 e. The summed E-state index contributed by atoms with van der Waals surface area (Å²) in [5.74, 6) is -0.465. The molecule has 0 spiro atoms. The number of rotatable bonds is 2. The van der Waals surface area contributed by atoms with Crippen LogP contribution in [-0.4, -0.2) is 10.9 Å². The third kappa shape index (κ3) is 3.50. The van der Waals surface area contributed by atoms with E-state index in [2.05, 4.69) is 10.3 Å². The number of benzene rings is 1. The number of alkyl halides is 3. The summed E-state index contributed by atoms with van der Waals surface area (Å²) < 4.78 is 38.0. The molecule has 0 bridgehead atoms. The van der Waals surface area contributed by atoms with E-state index in [1.165, 1.54) is 24.3 Å². The van der Waals surface area contributed by atoms with Crippen LogP contribution in [-0.2, 0) is 6.18 Å². The van der Waals surface area contributed by atoms with Crippen molar-refractivity contribution in [3.05, 3.63) is 53.2 Å². The number of nitrogen functional groups attached to an aromatic ring is 1. The summed E-state index contributed by atoms with van der Waals surface area (Å²) in [5, 5.41) is 2.41. The van der Waals surface area contributed by atoms with Crippen LogP contribution in [0.2, 0.25) is 0 Å². The quantitative estimate of drug-likeness (QED) is 0.893. The fourth-order valence-corrected chi connectivity index (χ4v) is 1.70. The lowest BCUT2D eigenvalue weighted by atomic mass is 10.1. The average molecular weight is 295 g/mol. The monoisotopic (exact) mass is 295 g/mol. The van der Waals surface area contributed by atoms with Gasteiger partial charge in [0.1, 0.15) is 11.5 Å². The van der Waals surface area contributed by atoms with E-state index in [0.717, 1.165) is 12.1 Å². The van der Waals surface area contributed by atoms with Gasteiger partial charge in [-0.25, -0.2) is 4.98 Å². The van der Waals surface area contributed by atoms with Gasteiger partial charge in [-0.05, 0) is 36.8 Å². The second kappa shape index (κ2) is 5.43. The van der Waals surface area contributed by atoms with E-state index in [-0.39, 0.29) is 17.2 Å². The number of nitrogens with two attached hydrogens (primary N) is 1. The molecule has 2 aromatic rings. The van der Waals surface area contributed by atoms with E-state index in [0.29, 0.717) is 5.56 Å². The highest BCUT2D eigenvalue weighted by Gasteiger charge is 2.31. The number of nitrogens with one attached hydrogen (secondary N) is 1.